The van der Waals surface area contributed by atoms with Crippen LogP contribution in [-0.4, -0.2) is 50.3 Å². The fourth-order valence-electron chi connectivity index (χ4n) is 2.92. The molecule has 25 heavy (non-hydrogen) atoms. The molecule has 1 fully saturated rings. The van der Waals surface area contributed by atoms with E-state index in [2.05, 4.69) is 58.6 Å². The number of rotatable bonds is 7. The highest BCUT2D eigenvalue weighted by molar-refractivity contribution is 14.0. The van der Waals surface area contributed by atoms with Crippen molar-refractivity contribution in [3.8, 4) is 0 Å². The normalized spacial score (nSPS) is 18.5. The van der Waals surface area contributed by atoms with Gasteiger partial charge in [-0.3, -0.25) is 9.89 Å². The third-order valence-corrected chi connectivity index (χ3v) is 4.23. The van der Waals surface area contributed by atoms with Gasteiger partial charge in [0, 0.05) is 39.8 Å². The lowest BCUT2D eigenvalue weighted by atomic mass is 10.1. The Morgan fingerprint density at radius 1 is 1.32 bits per heavy atom. The Balaban J connectivity index is 0.00000312. The Bertz CT molecular complexity index is 524. The van der Waals surface area contributed by atoms with Gasteiger partial charge in [-0.25, -0.2) is 0 Å². The van der Waals surface area contributed by atoms with Gasteiger partial charge in [-0.1, -0.05) is 37.6 Å². The highest BCUT2D eigenvalue weighted by atomic mass is 127. The summed E-state index contributed by atoms with van der Waals surface area (Å²) in [5.74, 6) is 0.871. The lowest BCUT2D eigenvalue weighted by molar-refractivity contribution is -0.0212. The van der Waals surface area contributed by atoms with Crippen LogP contribution in [0, 0.1) is 0 Å². The van der Waals surface area contributed by atoms with Crippen LogP contribution in [0.25, 0.3) is 0 Å². The molecule has 0 bridgehead atoms. The van der Waals surface area contributed by atoms with Crippen molar-refractivity contribution in [2.75, 3.05) is 33.3 Å². The molecule has 1 aliphatic rings. The fourth-order valence-corrected chi connectivity index (χ4v) is 2.92. The molecule has 0 aromatic heterocycles. The van der Waals surface area contributed by atoms with Crippen LogP contribution >= 0.6 is 24.0 Å². The number of nitrogens with zero attached hydrogens (tertiary/aromatic N) is 2. The quantitative estimate of drug-likeness (QED) is 0.284. The molecule has 6 heteroatoms. The highest BCUT2D eigenvalue weighted by Crippen LogP contribution is 2.12. The topological polar surface area (TPSA) is 48.9 Å². The van der Waals surface area contributed by atoms with Gasteiger partial charge in [0.15, 0.2) is 5.96 Å². The summed E-state index contributed by atoms with van der Waals surface area (Å²) < 4.78 is 5.62. The van der Waals surface area contributed by atoms with Crippen molar-refractivity contribution >= 4 is 29.9 Å². The summed E-state index contributed by atoms with van der Waals surface area (Å²) in [6.45, 7) is 9.94. The van der Waals surface area contributed by atoms with Crippen LogP contribution in [0.4, 0.5) is 0 Å². The smallest absolute Gasteiger partial charge is 0.191 e. The lowest BCUT2D eigenvalue weighted by Gasteiger charge is -2.31. The van der Waals surface area contributed by atoms with Gasteiger partial charge in [-0.05, 0) is 24.5 Å². The van der Waals surface area contributed by atoms with E-state index in [9.17, 15) is 0 Å². The average Bonchev–Trinajstić information content (AvgIpc) is 2.58. The number of benzene rings is 1. The molecule has 1 saturated heterocycles. The van der Waals surface area contributed by atoms with Crippen LogP contribution in [0.1, 0.15) is 37.8 Å². The predicted octanol–water partition coefficient (Wildman–Crippen LogP) is 2.99. The van der Waals surface area contributed by atoms with E-state index < -0.39 is 0 Å². The summed E-state index contributed by atoms with van der Waals surface area (Å²) in [5, 5.41) is 6.73. The molecule has 0 spiro atoms. The monoisotopic (exact) mass is 460 g/mol. The minimum atomic E-state index is 0. The molecule has 1 heterocycles. The van der Waals surface area contributed by atoms with Crippen LogP contribution in [0.3, 0.4) is 0 Å². The Kier molecular flexibility index (Phi) is 11.1. The third-order valence-electron chi connectivity index (χ3n) is 4.23. The first-order valence-corrected chi connectivity index (χ1v) is 9.07. The van der Waals surface area contributed by atoms with Crippen molar-refractivity contribution in [1.29, 1.82) is 0 Å². The second-order valence-corrected chi connectivity index (χ2v) is 6.44. The summed E-state index contributed by atoms with van der Waals surface area (Å²) in [6.07, 6.45) is 2.68. The summed E-state index contributed by atoms with van der Waals surface area (Å²) in [7, 11) is 1.82. The van der Waals surface area contributed by atoms with Crippen molar-refractivity contribution in [3.63, 3.8) is 0 Å². The number of hydrogen-bond acceptors (Lipinski definition) is 3. The predicted molar refractivity (Wildman–Crippen MR) is 116 cm³/mol. The van der Waals surface area contributed by atoms with Gasteiger partial charge in [0.25, 0.3) is 0 Å². The molecule has 1 aromatic rings. The maximum absolute atomic E-state index is 5.62. The zero-order valence-electron chi connectivity index (χ0n) is 15.8. The second kappa shape index (κ2) is 12.5. The van der Waals surface area contributed by atoms with Crippen LogP contribution in [-0.2, 0) is 17.8 Å². The summed E-state index contributed by atoms with van der Waals surface area (Å²) in [6, 6.07) is 8.80. The molecule has 1 aromatic carbocycles. The van der Waals surface area contributed by atoms with Crippen molar-refractivity contribution in [3.05, 3.63) is 35.4 Å². The molecule has 1 unspecified atom stereocenters. The van der Waals surface area contributed by atoms with Gasteiger partial charge < -0.3 is 15.4 Å². The molecule has 5 nitrogen and oxygen atoms in total. The lowest BCUT2D eigenvalue weighted by Crippen LogP contribution is -2.40. The first kappa shape index (κ1) is 22.2. The van der Waals surface area contributed by atoms with Gasteiger partial charge in [0.05, 0.1) is 12.7 Å². The maximum Gasteiger partial charge on any atom is 0.191 e. The molecule has 0 radical (unpaired) electrons. The van der Waals surface area contributed by atoms with Gasteiger partial charge in [-0.15, -0.1) is 24.0 Å². The largest absolute Gasteiger partial charge is 0.376 e. The zero-order chi connectivity index (χ0) is 17.2. The van der Waals surface area contributed by atoms with Crippen molar-refractivity contribution in [1.82, 2.24) is 15.5 Å². The molecule has 142 valence electrons. The van der Waals surface area contributed by atoms with E-state index in [4.69, 9.17) is 4.74 Å². The Hall–Kier alpha value is -0.860. The Morgan fingerprint density at radius 2 is 2.12 bits per heavy atom. The van der Waals surface area contributed by atoms with E-state index in [1.807, 2.05) is 7.05 Å². The number of ether oxygens (including phenoxy) is 1. The first-order chi connectivity index (χ1) is 11.7. The molecular weight excluding hydrogens is 427 g/mol. The molecule has 2 rings (SSSR count). The number of unbranched alkanes of at least 4 members (excludes halogenated alkanes) is 1. The Labute approximate surface area is 169 Å². The van der Waals surface area contributed by atoms with E-state index >= 15 is 0 Å². The van der Waals surface area contributed by atoms with Gasteiger partial charge in [-0.2, -0.15) is 0 Å². The number of aliphatic imine (C=N–C) groups is 1. The van der Waals surface area contributed by atoms with E-state index in [0.29, 0.717) is 6.10 Å². The number of nitrogens with one attached hydrogen (secondary N) is 2. The van der Waals surface area contributed by atoms with Crippen molar-refractivity contribution < 1.29 is 4.74 Å². The van der Waals surface area contributed by atoms with Gasteiger partial charge >= 0.3 is 0 Å². The molecule has 0 amide bonds. The van der Waals surface area contributed by atoms with Crippen LogP contribution < -0.4 is 10.6 Å². The van der Waals surface area contributed by atoms with Crippen molar-refractivity contribution in [2.45, 2.75) is 45.9 Å². The van der Waals surface area contributed by atoms with E-state index in [0.717, 1.165) is 51.7 Å². The summed E-state index contributed by atoms with van der Waals surface area (Å²) in [5.41, 5.74) is 2.64. The van der Waals surface area contributed by atoms with Gasteiger partial charge in [0.1, 0.15) is 0 Å². The molecular formula is C19H33IN4O. The zero-order valence-corrected chi connectivity index (χ0v) is 18.1. The molecule has 1 atom stereocenters. The SMILES string of the molecule is CCCCNC(=NC)NCc1cccc(CN2CCOC(C)C2)c1.I. The minimum absolute atomic E-state index is 0. The molecule has 0 aliphatic carbocycles. The van der Waals surface area contributed by atoms with Crippen LogP contribution in [0.5, 0.6) is 0 Å². The number of halogens is 1. The highest BCUT2D eigenvalue weighted by Gasteiger charge is 2.16. The average molecular weight is 460 g/mol. The standard InChI is InChI=1S/C19H32N4O.HI/c1-4-5-9-21-19(20-3)22-13-17-7-6-8-18(12-17)15-23-10-11-24-16(2)14-23;/h6-8,12,16H,4-5,9-11,13-15H2,1-3H3,(H2,20,21,22);1H. The number of hydrogen-bond donors (Lipinski definition) is 2. The number of guanidine groups is 1. The first-order valence-electron chi connectivity index (χ1n) is 9.07. The van der Waals surface area contributed by atoms with E-state index in [-0.39, 0.29) is 24.0 Å². The van der Waals surface area contributed by atoms with Crippen LogP contribution in [0.2, 0.25) is 0 Å². The maximum atomic E-state index is 5.62. The van der Waals surface area contributed by atoms with E-state index in [1.165, 1.54) is 17.5 Å². The van der Waals surface area contributed by atoms with E-state index in [1.54, 1.807) is 0 Å². The van der Waals surface area contributed by atoms with Gasteiger partial charge in [0.2, 0.25) is 0 Å². The molecule has 2 N–H and O–H groups in total. The Morgan fingerprint density at radius 3 is 2.84 bits per heavy atom. The number of morpholine rings is 1. The van der Waals surface area contributed by atoms with Crippen molar-refractivity contribution in [2.24, 2.45) is 4.99 Å². The molecule has 1 aliphatic heterocycles. The summed E-state index contributed by atoms with van der Waals surface area (Å²) in [4.78, 5) is 6.74. The third kappa shape index (κ3) is 8.37. The fraction of sp³-hybridized carbons (Fsp3) is 0.632. The van der Waals surface area contributed by atoms with Crippen LogP contribution in [0.15, 0.2) is 29.3 Å². The summed E-state index contributed by atoms with van der Waals surface area (Å²) >= 11 is 0. The molecule has 0 saturated carbocycles. The second-order valence-electron chi connectivity index (χ2n) is 6.44. The minimum Gasteiger partial charge on any atom is -0.376 e.